The number of methoxy groups -OCH3 is 1. The monoisotopic (exact) mass is 398 g/mol. The van der Waals surface area contributed by atoms with Gasteiger partial charge in [-0.25, -0.2) is 13.2 Å². The lowest BCUT2D eigenvalue weighted by molar-refractivity contribution is 0.0600. The van der Waals surface area contributed by atoms with Gasteiger partial charge in [-0.2, -0.15) is 16.1 Å². The van der Waals surface area contributed by atoms with Gasteiger partial charge in [-0.3, -0.25) is 0 Å². The van der Waals surface area contributed by atoms with Gasteiger partial charge in [-0.1, -0.05) is 0 Å². The molecule has 1 unspecified atom stereocenters. The highest BCUT2D eigenvalue weighted by Crippen LogP contribution is 2.26. The van der Waals surface area contributed by atoms with Crippen molar-refractivity contribution in [3.63, 3.8) is 0 Å². The molecule has 2 aliphatic rings. The van der Waals surface area contributed by atoms with Gasteiger partial charge in [0.05, 0.1) is 17.6 Å². The SMILES string of the molecule is COC(=O)c1ccc(S(=O)(=O)N2CCCSCC2CN2CCCC2)cc1. The molecular weight excluding hydrogens is 372 g/mol. The average Bonchev–Trinajstić information content (AvgIpc) is 3.05. The van der Waals surface area contributed by atoms with Gasteiger partial charge in [0.25, 0.3) is 0 Å². The van der Waals surface area contributed by atoms with E-state index >= 15 is 0 Å². The lowest BCUT2D eigenvalue weighted by Crippen LogP contribution is -2.47. The smallest absolute Gasteiger partial charge is 0.337 e. The first kappa shape index (κ1) is 19.7. The lowest BCUT2D eigenvalue weighted by Gasteiger charge is -2.31. The Labute approximate surface area is 159 Å². The van der Waals surface area contributed by atoms with Crippen molar-refractivity contribution >= 4 is 27.8 Å². The summed E-state index contributed by atoms with van der Waals surface area (Å²) in [6.45, 7) is 3.46. The molecule has 0 bridgehead atoms. The molecule has 0 spiro atoms. The molecule has 1 aromatic carbocycles. The minimum Gasteiger partial charge on any atom is -0.465 e. The normalized spacial score (nSPS) is 22.9. The van der Waals surface area contributed by atoms with Crippen LogP contribution in [0.15, 0.2) is 29.2 Å². The first-order valence-corrected chi connectivity index (χ1v) is 11.6. The number of benzene rings is 1. The molecule has 0 N–H and O–H groups in total. The van der Waals surface area contributed by atoms with Crippen LogP contribution in [0.4, 0.5) is 0 Å². The van der Waals surface area contributed by atoms with Crippen LogP contribution in [0.5, 0.6) is 0 Å². The van der Waals surface area contributed by atoms with Crippen LogP contribution in [-0.4, -0.2) is 74.4 Å². The van der Waals surface area contributed by atoms with Crippen LogP contribution in [0.2, 0.25) is 0 Å². The maximum atomic E-state index is 13.3. The van der Waals surface area contributed by atoms with Crippen molar-refractivity contribution in [3.8, 4) is 0 Å². The van der Waals surface area contributed by atoms with Crippen molar-refractivity contribution in [1.82, 2.24) is 9.21 Å². The lowest BCUT2D eigenvalue weighted by atomic mass is 10.2. The van der Waals surface area contributed by atoms with Crippen LogP contribution in [0.1, 0.15) is 29.6 Å². The Hall–Kier alpha value is -1.09. The third-order valence-corrected chi connectivity index (χ3v) is 8.10. The number of esters is 1. The molecule has 0 saturated carbocycles. The Bertz CT molecular complexity index is 715. The van der Waals surface area contributed by atoms with Gasteiger partial charge in [0.15, 0.2) is 0 Å². The number of ether oxygens (including phenoxy) is 1. The molecule has 8 heteroatoms. The molecule has 0 aliphatic carbocycles. The van der Waals surface area contributed by atoms with E-state index in [9.17, 15) is 13.2 Å². The second kappa shape index (κ2) is 8.73. The Balaban J connectivity index is 1.82. The van der Waals surface area contributed by atoms with Crippen LogP contribution < -0.4 is 0 Å². The van der Waals surface area contributed by atoms with E-state index in [0.29, 0.717) is 12.1 Å². The van der Waals surface area contributed by atoms with Crippen molar-refractivity contribution in [3.05, 3.63) is 29.8 Å². The van der Waals surface area contributed by atoms with Gasteiger partial charge in [-0.05, 0) is 62.4 Å². The van der Waals surface area contributed by atoms with Gasteiger partial charge in [-0.15, -0.1) is 0 Å². The number of hydrogen-bond donors (Lipinski definition) is 0. The molecule has 2 saturated heterocycles. The van der Waals surface area contributed by atoms with E-state index in [2.05, 4.69) is 9.64 Å². The molecule has 2 heterocycles. The molecule has 2 aliphatic heterocycles. The third kappa shape index (κ3) is 4.42. The summed E-state index contributed by atoms with van der Waals surface area (Å²) in [5.74, 6) is 1.35. The van der Waals surface area contributed by atoms with E-state index in [0.717, 1.165) is 37.6 Å². The van der Waals surface area contributed by atoms with E-state index in [1.165, 1.54) is 44.2 Å². The maximum Gasteiger partial charge on any atom is 0.337 e. The Morgan fingerprint density at radius 1 is 1.15 bits per heavy atom. The van der Waals surface area contributed by atoms with Crippen LogP contribution in [0.25, 0.3) is 0 Å². The largest absolute Gasteiger partial charge is 0.465 e. The number of rotatable bonds is 5. The fourth-order valence-electron chi connectivity index (χ4n) is 3.55. The van der Waals surface area contributed by atoms with Crippen molar-refractivity contribution < 1.29 is 17.9 Å². The van der Waals surface area contributed by atoms with Crippen molar-refractivity contribution in [2.45, 2.75) is 30.2 Å². The summed E-state index contributed by atoms with van der Waals surface area (Å²) in [5.41, 5.74) is 0.353. The topological polar surface area (TPSA) is 66.9 Å². The molecule has 2 fully saturated rings. The summed E-state index contributed by atoms with van der Waals surface area (Å²) < 4.78 is 32.9. The molecule has 3 rings (SSSR count). The quantitative estimate of drug-likeness (QED) is 0.708. The predicted molar refractivity (Wildman–Crippen MR) is 103 cm³/mol. The number of carbonyl (C=O) groups is 1. The Morgan fingerprint density at radius 2 is 1.85 bits per heavy atom. The standard InChI is InChI=1S/C18H26N2O4S2/c1-24-18(21)15-5-7-17(8-6-15)26(22,23)20-11-4-12-25-14-16(20)13-19-9-2-3-10-19/h5-8,16H,2-4,9-14H2,1H3. The van der Waals surface area contributed by atoms with Gasteiger partial charge in [0.2, 0.25) is 10.0 Å². The van der Waals surface area contributed by atoms with Gasteiger partial charge in [0, 0.05) is 24.9 Å². The van der Waals surface area contributed by atoms with Gasteiger partial charge in [0.1, 0.15) is 0 Å². The molecule has 1 atom stereocenters. The van der Waals surface area contributed by atoms with Crippen molar-refractivity contribution in [2.24, 2.45) is 0 Å². The third-order valence-electron chi connectivity index (χ3n) is 4.93. The zero-order valence-electron chi connectivity index (χ0n) is 15.1. The highest BCUT2D eigenvalue weighted by atomic mass is 32.2. The first-order valence-electron chi connectivity index (χ1n) is 9.02. The Morgan fingerprint density at radius 3 is 2.50 bits per heavy atom. The van der Waals surface area contributed by atoms with Gasteiger partial charge < -0.3 is 9.64 Å². The number of likely N-dealkylation sites (tertiary alicyclic amines) is 1. The molecular formula is C18H26N2O4S2. The predicted octanol–water partition coefficient (Wildman–Crippen LogP) is 2.07. The zero-order chi connectivity index (χ0) is 18.6. The van der Waals surface area contributed by atoms with Crippen LogP contribution in [0, 0.1) is 0 Å². The highest BCUT2D eigenvalue weighted by Gasteiger charge is 2.34. The summed E-state index contributed by atoms with van der Waals surface area (Å²) in [5, 5.41) is 0. The van der Waals surface area contributed by atoms with E-state index in [-0.39, 0.29) is 10.9 Å². The minimum absolute atomic E-state index is 0.00844. The molecule has 1 aromatic rings. The number of nitrogens with zero attached hydrogens (tertiary/aromatic N) is 2. The summed E-state index contributed by atoms with van der Waals surface area (Å²) >= 11 is 1.84. The number of sulfonamides is 1. The summed E-state index contributed by atoms with van der Waals surface area (Å²) in [6, 6.07) is 6.03. The molecule has 0 aromatic heterocycles. The van der Waals surface area contributed by atoms with Crippen LogP contribution >= 0.6 is 11.8 Å². The fourth-order valence-corrected chi connectivity index (χ4v) is 6.35. The highest BCUT2D eigenvalue weighted by molar-refractivity contribution is 7.99. The summed E-state index contributed by atoms with van der Waals surface area (Å²) in [6.07, 6.45) is 3.25. The summed E-state index contributed by atoms with van der Waals surface area (Å²) in [7, 11) is -2.27. The van der Waals surface area contributed by atoms with E-state index in [4.69, 9.17) is 0 Å². The average molecular weight is 399 g/mol. The molecule has 0 radical (unpaired) electrons. The van der Waals surface area contributed by atoms with Crippen LogP contribution in [-0.2, 0) is 14.8 Å². The second-order valence-electron chi connectivity index (χ2n) is 6.72. The second-order valence-corrected chi connectivity index (χ2v) is 9.76. The fraction of sp³-hybridized carbons (Fsp3) is 0.611. The van der Waals surface area contributed by atoms with Crippen molar-refractivity contribution in [2.75, 3.05) is 44.8 Å². The molecule has 144 valence electrons. The maximum absolute atomic E-state index is 13.3. The number of thioether (sulfide) groups is 1. The zero-order valence-corrected chi connectivity index (χ0v) is 16.7. The van der Waals surface area contributed by atoms with E-state index in [1.54, 1.807) is 4.31 Å². The number of hydrogen-bond acceptors (Lipinski definition) is 6. The Kier molecular flexibility index (Phi) is 6.60. The van der Waals surface area contributed by atoms with E-state index in [1.807, 2.05) is 11.8 Å². The van der Waals surface area contributed by atoms with Gasteiger partial charge >= 0.3 is 5.97 Å². The minimum atomic E-state index is -3.58. The van der Waals surface area contributed by atoms with Crippen molar-refractivity contribution in [1.29, 1.82) is 0 Å². The van der Waals surface area contributed by atoms with Crippen LogP contribution in [0.3, 0.4) is 0 Å². The first-order chi connectivity index (χ1) is 12.5. The molecule has 26 heavy (non-hydrogen) atoms. The molecule has 6 nitrogen and oxygen atoms in total. The van der Waals surface area contributed by atoms with E-state index < -0.39 is 16.0 Å². The number of carbonyl (C=O) groups excluding carboxylic acids is 1. The summed E-state index contributed by atoms with van der Waals surface area (Å²) in [4.78, 5) is 14.2. The molecule has 0 amide bonds.